The third-order valence-electron chi connectivity index (χ3n) is 3.70. The fraction of sp³-hybridized carbons (Fsp3) is 0.500. The van der Waals surface area contributed by atoms with Crippen molar-refractivity contribution in [3.63, 3.8) is 0 Å². The van der Waals surface area contributed by atoms with Gasteiger partial charge >= 0.3 is 0 Å². The number of benzene rings is 2. The summed E-state index contributed by atoms with van der Waals surface area (Å²) in [5.74, 6) is 2.19. The van der Waals surface area contributed by atoms with Crippen molar-refractivity contribution in [3.8, 4) is 0 Å². The molecule has 2 aromatic rings. The second-order valence-electron chi connectivity index (χ2n) is 6.10. The molecule has 0 bridgehead atoms. The molecule has 0 radical (unpaired) electrons. The highest BCUT2D eigenvalue weighted by Gasteiger charge is 2.27. The van der Waals surface area contributed by atoms with Crippen LogP contribution in [0.15, 0.2) is 36.4 Å². The van der Waals surface area contributed by atoms with Crippen molar-refractivity contribution >= 4 is 10.8 Å². The Morgan fingerprint density at radius 3 is 1.45 bits per heavy atom. The molecule has 0 N–H and O–H groups in total. The SMILES string of the molecule is CC.CC(C)C.CC1c2cccc3cccc(c23)C1C. The molecular formula is C20H30. The molecule has 0 heteroatoms. The van der Waals surface area contributed by atoms with Crippen molar-refractivity contribution in [2.24, 2.45) is 5.92 Å². The Bertz CT molecular complexity index is 491. The lowest BCUT2D eigenvalue weighted by atomic mass is 9.94. The maximum absolute atomic E-state index is 2.33. The van der Waals surface area contributed by atoms with Gasteiger partial charge in [-0.15, -0.1) is 0 Å². The van der Waals surface area contributed by atoms with Crippen LogP contribution in [0.4, 0.5) is 0 Å². The molecule has 0 amide bonds. The molecule has 1 aliphatic rings. The van der Waals surface area contributed by atoms with Gasteiger partial charge in [0.15, 0.2) is 0 Å². The van der Waals surface area contributed by atoms with Gasteiger partial charge in [0.2, 0.25) is 0 Å². The van der Waals surface area contributed by atoms with Gasteiger partial charge in [0.1, 0.15) is 0 Å². The zero-order chi connectivity index (χ0) is 15.3. The maximum atomic E-state index is 2.33. The van der Waals surface area contributed by atoms with Gasteiger partial charge in [-0.25, -0.2) is 0 Å². The normalized spacial score (nSPS) is 19.2. The van der Waals surface area contributed by atoms with E-state index in [4.69, 9.17) is 0 Å². The van der Waals surface area contributed by atoms with Gasteiger partial charge in [0.05, 0.1) is 0 Å². The zero-order valence-electron chi connectivity index (χ0n) is 14.2. The molecule has 0 aliphatic heterocycles. The average Bonchev–Trinajstić information content (AvgIpc) is 2.69. The zero-order valence-corrected chi connectivity index (χ0v) is 14.2. The van der Waals surface area contributed by atoms with Crippen LogP contribution in [0, 0.1) is 5.92 Å². The molecule has 20 heavy (non-hydrogen) atoms. The average molecular weight is 270 g/mol. The Balaban J connectivity index is 0.000000291. The van der Waals surface area contributed by atoms with Crippen LogP contribution in [0.1, 0.15) is 71.4 Å². The van der Waals surface area contributed by atoms with E-state index < -0.39 is 0 Å². The summed E-state index contributed by atoms with van der Waals surface area (Å²) in [5.41, 5.74) is 3.07. The molecule has 0 nitrogen and oxygen atoms in total. The smallest absolute Gasteiger partial charge is 0.0114 e. The largest absolute Gasteiger partial charge is 0.0683 e. The van der Waals surface area contributed by atoms with Gasteiger partial charge in [0.25, 0.3) is 0 Å². The summed E-state index contributed by atoms with van der Waals surface area (Å²) >= 11 is 0. The molecular weight excluding hydrogens is 240 g/mol. The molecule has 0 saturated heterocycles. The second-order valence-corrected chi connectivity index (χ2v) is 6.10. The van der Waals surface area contributed by atoms with Gasteiger partial charge in [-0.3, -0.25) is 0 Å². The highest BCUT2D eigenvalue weighted by molar-refractivity contribution is 5.92. The molecule has 0 spiro atoms. The molecule has 2 atom stereocenters. The van der Waals surface area contributed by atoms with Crippen molar-refractivity contribution in [1.82, 2.24) is 0 Å². The van der Waals surface area contributed by atoms with E-state index in [2.05, 4.69) is 71.0 Å². The Morgan fingerprint density at radius 1 is 0.750 bits per heavy atom. The quantitative estimate of drug-likeness (QED) is 0.496. The van der Waals surface area contributed by atoms with Crippen molar-refractivity contribution in [1.29, 1.82) is 0 Å². The molecule has 3 rings (SSSR count). The fourth-order valence-corrected chi connectivity index (χ4v) is 2.70. The van der Waals surface area contributed by atoms with E-state index in [9.17, 15) is 0 Å². The lowest BCUT2D eigenvalue weighted by Gasteiger charge is -2.10. The van der Waals surface area contributed by atoms with Crippen LogP contribution in [-0.2, 0) is 0 Å². The molecule has 0 heterocycles. The first-order valence-corrected chi connectivity index (χ1v) is 8.04. The highest BCUT2D eigenvalue weighted by atomic mass is 14.3. The van der Waals surface area contributed by atoms with Gasteiger partial charge in [-0.2, -0.15) is 0 Å². The number of hydrogen-bond acceptors (Lipinski definition) is 0. The summed E-state index contributed by atoms with van der Waals surface area (Å²) in [4.78, 5) is 0. The van der Waals surface area contributed by atoms with Crippen molar-refractivity contribution in [3.05, 3.63) is 47.5 Å². The standard InChI is InChI=1S/C14H14.C4H10.C2H6/c1-9-10(2)13-8-4-6-11-5-3-7-12(9)14(11)13;1-4(2)3;1-2/h3-10H,1-2H3;4H,1-3H3;1-2H3. The van der Waals surface area contributed by atoms with E-state index in [0.29, 0.717) is 11.8 Å². The molecule has 0 fully saturated rings. The first-order valence-electron chi connectivity index (χ1n) is 8.04. The molecule has 110 valence electrons. The summed E-state index contributed by atoms with van der Waals surface area (Å²) in [6.45, 7) is 15.2. The monoisotopic (exact) mass is 270 g/mol. The molecule has 2 unspecified atom stereocenters. The van der Waals surface area contributed by atoms with Crippen molar-refractivity contribution < 1.29 is 0 Å². The fourth-order valence-electron chi connectivity index (χ4n) is 2.70. The lowest BCUT2D eigenvalue weighted by molar-refractivity contribution is 0.655. The summed E-state index contributed by atoms with van der Waals surface area (Å²) in [6.07, 6.45) is 0. The third-order valence-corrected chi connectivity index (χ3v) is 3.70. The van der Waals surface area contributed by atoms with Crippen LogP contribution in [0.5, 0.6) is 0 Å². The minimum atomic E-state index is 0.677. The predicted octanol–water partition coefficient (Wildman–Crippen LogP) is 6.75. The van der Waals surface area contributed by atoms with Gasteiger partial charge < -0.3 is 0 Å². The van der Waals surface area contributed by atoms with Gasteiger partial charge in [-0.1, -0.05) is 84.9 Å². The Hall–Kier alpha value is -1.30. The Kier molecular flexibility index (Phi) is 6.26. The molecule has 1 aliphatic carbocycles. The third kappa shape index (κ3) is 3.42. The van der Waals surface area contributed by atoms with E-state index >= 15 is 0 Å². The second kappa shape index (κ2) is 7.47. The van der Waals surface area contributed by atoms with Gasteiger partial charge in [0, 0.05) is 0 Å². The summed E-state index contributed by atoms with van der Waals surface area (Å²) in [7, 11) is 0. The van der Waals surface area contributed by atoms with Crippen LogP contribution < -0.4 is 0 Å². The van der Waals surface area contributed by atoms with E-state index in [-0.39, 0.29) is 0 Å². The number of hydrogen-bond donors (Lipinski definition) is 0. The van der Waals surface area contributed by atoms with Crippen molar-refractivity contribution in [2.75, 3.05) is 0 Å². The first kappa shape index (κ1) is 16.8. The highest BCUT2D eigenvalue weighted by Crippen LogP contribution is 2.45. The molecule has 0 saturated carbocycles. The summed E-state index contributed by atoms with van der Waals surface area (Å²) < 4.78 is 0. The van der Waals surface area contributed by atoms with E-state index in [1.54, 1.807) is 0 Å². The molecule has 2 aromatic carbocycles. The minimum absolute atomic E-state index is 0.677. The van der Waals surface area contributed by atoms with Crippen LogP contribution in [0.25, 0.3) is 10.8 Å². The summed E-state index contributed by atoms with van der Waals surface area (Å²) in [6, 6.07) is 13.3. The Morgan fingerprint density at radius 2 is 1.10 bits per heavy atom. The van der Waals surface area contributed by atoms with E-state index in [1.165, 1.54) is 21.9 Å². The van der Waals surface area contributed by atoms with Crippen molar-refractivity contribution in [2.45, 2.75) is 60.3 Å². The topological polar surface area (TPSA) is 0 Å². The Labute approximate surface area is 125 Å². The maximum Gasteiger partial charge on any atom is -0.0114 e. The minimum Gasteiger partial charge on any atom is -0.0683 e. The van der Waals surface area contributed by atoms with Crippen LogP contribution in [-0.4, -0.2) is 0 Å². The predicted molar refractivity (Wildman–Crippen MR) is 92.6 cm³/mol. The summed E-state index contributed by atoms with van der Waals surface area (Å²) in [5, 5.41) is 2.91. The van der Waals surface area contributed by atoms with Gasteiger partial charge in [-0.05, 0) is 39.7 Å². The van der Waals surface area contributed by atoms with E-state index in [0.717, 1.165) is 5.92 Å². The van der Waals surface area contributed by atoms with Crippen LogP contribution >= 0.6 is 0 Å². The molecule has 0 aromatic heterocycles. The first-order chi connectivity index (χ1) is 9.52. The number of rotatable bonds is 0. The van der Waals surface area contributed by atoms with Crippen LogP contribution in [0.2, 0.25) is 0 Å². The lowest BCUT2D eigenvalue weighted by Crippen LogP contribution is -1.95. The van der Waals surface area contributed by atoms with Crippen LogP contribution in [0.3, 0.4) is 0 Å². The van der Waals surface area contributed by atoms with E-state index in [1.807, 2.05) is 13.8 Å².